The first-order valence-electron chi connectivity index (χ1n) is 10.9. The molecule has 0 amide bonds. The SMILES string of the molecule is CC/C=C(/OC(C)C)N1CCN2c3cc(OCc4ccc(F)c(F)c4)nc(=O)n3CC2C1. The predicted octanol–water partition coefficient (Wildman–Crippen LogP) is 3.28. The fourth-order valence-electron chi connectivity index (χ4n) is 4.14. The van der Waals surface area contributed by atoms with Crippen LogP contribution in [-0.4, -0.2) is 46.2 Å². The molecule has 0 N–H and O–H groups in total. The van der Waals surface area contributed by atoms with E-state index in [4.69, 9.17) is 9.47 Å². The Labute approximate surface area is 185 Å². The number of hydrogen-bond donors (Lipinski definition) is 0. The minimum Gasteiger partial charge on any atom is -0.477 e. The lowest BCUT2D eigenvalue weighted by atomic mass is 10.2. The number of hydrogen-bond acceptors (Lipinski definition) is 6. The van der Waals surface area contributed by atoms with E-state index in [0.29, 0.717) is 12.1 Å². The maximum Gasteiger partial charge on any atom is 0.352 e. The van der Waals surface area contributed by atoms with Gasteiger partial charge in [-0.1, -0.05) is 13.0 Å². The molecule has 0 aliphatic carbocycles. The molecular weight excluding hydrogens is 418 g/mol. The van der Waals surface area contributed by atoms with Crippen molar-refractivity contribution < 1.29 is 18.3 Å². The van der Waals surface area contributed by atoms with Crippen LogP contribution in [0.1, 0.15) is 32.8 Å². The van der Waals surface area contributed by atoms with Gasteiger partial charge in [0.15, 0.2) is 17.5 Å². The van der Waals surface area contributed by atoms with E-state index in [2.05, 4.69) is 27.8 Å². The van der Waals surface area contributed by atoms with Gasteiger partial charge in [-0.25, -0.2) is 13.6 Å². The number of anilines is 1. The lowest BCUT2D eigenvalue weighted by Gasteiger charge is -2.40. The molecule has 9 heteroatoms. The van der Waals surface area contributed by atoms with E-state index < -0.39 is 11.6 Å². The Bertz CT molecular complexity index is 1070. The van der Waals surface area contributed by atoms with Crippen molar-refractivity contribution >= 4 is 5.82 Å². The largest absolute Gasteiger partial charge is 0.477 e. The number of allylic oxidation sites excluding steroid dienone is 1. The average molecular weight is 446 g/mol. The Balaban J connectivity index is 1.48. The van der Waals surface area contributed by atoms with Gasteiger partial charge in [-0.05, 0) is 44.0 Å². The quantitative estimate of drug-likeness (QED) is 0.609. The van der Waals surface area contributed by atoms with Crippen LogP contribution in [0.4, 0.5) is 14.6 Å². The smallest absolute Gasteiger partial charge is 0.352 e. The summed E-state index contributed by atoms with van der Waals surface area (Å²) < 4.78 is 39.8. The molecule has 1 unspecified atom stereocenters. The molecule has 0 saturated carbocycles. The third-order valence-electron chi connectivity index (χ3n) is 5.55. The Morgan fingerprint density at radius 2 is 2.03 bits per heavy atom. The molecule has 1 aromatic heterocycles. The van der Waals surface area contributed by atoms with Crippen molar-refractivity contribution in [2.45, 2.75) is 52.5 Å². The van der Waals surface area contributed by atoms with Crippen LogP contribution in [0.5, 0.6) is 5.88 Å². The second kappa shape index (κ2) is 9.18. The molecule has 2 aromatic rings. The zero-order valence-corrected chi connectivity index (χ0v) is 18.6. The van der Waals surface area contributed by atoms with Gasteiger partial charge in [-0.15, -0.1) is 0 Å². The number of fused-ring (bicyclic) bond motifs is 3. The number of piperazine rings is 1. The van der Waals surface area contributed by atoms with Crippen LogP contribution in [0.25, 0.3) is 0 Å². The molecule has 0 radical (unpaired) electrons. The van der Waals surface area contributed by atoms with Gasteiger partial charge in [0.25, 0.3) is 0 Å². The molecule has 1 saturated heterocycles. The lowest BCUT2D eigenvalue weighted by Crippen LogP contribution is -2.51. The van der Waals surface area contributed by atoms with Crippen LogP contribution in [0.2, 0.25) is 0 Å². The Kier molecular flexibility index (Phi) is 6.34. The van der Waals surface area contributed by atoms with Crippen molar-refractivity contribution in [2.24, 2.45) is 0 Å². The first kappa shape index (κ1) is 22.1. The summed E-state index contributed by atoms with van der Waals surface area (Å²) in [5, 5.41) is 0. The molecule has 172 valence electrons. The van der Waals surface area contributed by atoms with Crippen LogP contribution < -0.4 is 15.3 Å². The zero-order chi connectivity index (χ0) is 22.8. The summed E-state index contributed by atoms with van der Waals surface area (Å²) in [6, 6.07) is 5.42. The molecule has 1 aromatic carbocycles. The second-order valence-corrected chi connectivity index (χ2v) is 8.29. The number of benzene rings is 1. The van der Waals surface area contributed by atoms with Gasteiger partial charge < -0.3 is 19.3 Å². The van der Waals surface area contributed by atoms with Crippen LogP contribution in [0.3, 0.4) is 0 Å². The third-order valence-corrected chi connectivity index (χ3v) is 5.55. The van der Waals surface area contributed by atoms with Crippen molar-refractivity contribution in [3.8, 4) is 5.88 Å². The number of halogens is 2. The topological polar surface area (TPSA) is 59.8 Å². The molecular formula is C23H28F2N4O3. The summed E-state index contributed by atoms with van der Waals surface area (Å²) in [6.45, 7) is 8.89. The molecule has 2 aliphatic rings. The molecule has 4 rings (SSSR count). The van der Waals surface area contributed by atoms with Gasteiger partial charge in [-0.3, -0.25) is 4.57 Å². The van der Waals surface area contributed by atoms with Crippen molar-refractivity contribution in [3.05, 3.63) is 63.9 Å². The molecule has 3 heterocycles. The predicted molar refractivity (Wildman–Crippen MR) is 116 cm³/mol. The summed E-state index contributed by atoms with van der Waals surface area (Å²) >= 11 is 0. The van der Waals surface area contributed by atoms with Crippen LogP contribution in [-0.2, 0) is 17.9 Å². The molecule has 32 heavy (non-hydrogen) atoms. The summed E-state index contributed by atoms with van der Waals surface area (Å²) in [6.07, 6.45) is 3.07. The van der Waals surface area contributed by atoms with Crippen LogP contribution in [0.15, 0.2) is 41.0 Å². The second-order valence-electron chi connectivity index (χ2n) is 8.29. The maximum absolute atomic E-state index is 13.4. The fourth-order valence-corrected chi connectivity index (χ4v) is 4.14. The van der Waals surface area contributed by atoms with E-state index in [1.165, 1.54) is 6.07 Å². The number of rotatable bonds is 7. The standard InChI is InChI=1S/C23H28F2N4O3/c1-4-5-22(32-15(2)3)27-8-9-28-17(12-27)13-29-21(28)11-20(26-23(29)30)31-14-16-6-7-18(24)19(25)10-16/h5-7,10-11,15,17H,4,8-9,12-14H2,1-3H3/b22-5+. The zero-order valence-electron chi connectivity index (χ0n) is 18.6. The Hall–Kier alpha value is -3.10. The highest BCUT2D eigenvalue weighted by atomic mass is 19.2. The van der Waals surface area contributed by atoms with E-state index >= 15 is 0 Å². The normalized spacial score (nSPS) is 18.1. The first-order valence-corrected chi connectivity index (χ1v) is 10.9. The van der Waals surface area contributed by atoms with Gasteiger partial charge in [0.05, 0.1) is 18.7 Å². The van der Waals surface area contributed by atoms with E-state index in [0.717, 1.165) is 49.9 Å². The van der Waals surface area contributed by atoms with Crippen molar-refractivity contribution in [1.29, 1.82) is 0 Å². The third kappa shape index (κ3) is 4.56. The van der Waals surface area contributed by atoms with Gasteiger partial charge in [0, 0.05) is 25.7 Å². The minimum absolute atomic E-state index is 0.0119. The van der Waals surface area contributed by atoms with Crippen molar-refractivity contribution in [3.63, 3.8) is 0 Å². The van der Waals surface area contributed by atoms with Crippen molar-refractivity contribution in [2.75, 3.05) is 24.5 Å². The molecule has 0 spiro atoms. The number of aromatic nitrogens is 2. The maximum atomic E-state index is 13.4. The number of ether oxygens (including phenoxy) is 2. The summed E-state index contributed by atoms with van der Waals surface area (Å²) in [5.41, 5.74) is 0.0738. The van der Waals surface area contributed by atoms with E-state index in [1.807, 2.05) is 13.8 Å². The average Bonchev–Trinajstić information content (AvgIpc) is 3.12. The minimum atomic E-state index is -0.938. The van der Waals surface area contributed by atoms with E-state index in [9.17, 15) is 13.6 Å². The fraction of sp³-hybridized carbons (Fsp3) is 0.478. The molecule has 1 fully saturated rings. The highest BCUT2D eigenvalue weighted by Gasteiger charge is 2.36. The van der Waals surface area contributed by atoms with Crippen molar-refractivity contribution in [1.82, 2.24) is 14.5 Å². The van der Waals surface area contributed by atoms with E-state index in [1.54, 1.807) is 10.6 Å². The molecule has 0 bridgehead atoms. The molecule has 7 nitrogen and oxygen atoms in total. The first-order chi connectivity index (χ1) is 15.4. The summed E-state index contributed by atoms with van der Waals surface area (Å²) in [5.74, 6) is -0.0288. The molecule has 1 atom stereocenters. The van der Waals surface area contributed by atoms with Gasteiger partial charge in [-0.2, -0.15) is 4.98 Å². The van der Waals surface area contributed by atoms with Crippen LogP contribution in [0, 0.1) is 11.6 Å². The van der Waals surface area contributed by atoms with E-state index in [-0.39, 0.29) is 30.3 Å². The summed E-state index contributed by atoms with van der Waals surface area (Å²) in [7, 11) is 0. The summed E-state index contributed by atoms with van der Waals surface area (Å²) in [4.78, 5) is 21.1. The van der Waals surface area contributed by atoms with Gasteiger partial charge in [0.1, 0.15) is 12.4 Å². The number of nitrogens with zero attached hydrogens (tertiary/aromatic N) is 4. The monoisotopic (exact) mass is 446 g/mol. The molecule has 2 aliphatic heterocycles. The van der Waals surface area contributed by atoms with Gasteiger partial charge >= 0.3 is 5.69 Å². The Morgan fingerprint density at radius 3 is 2.75 bits per heavy atom. The van der Waals surface area contributed by atoms with Gasteiger partial charge in [0.2, 0.25) is 5.88 Å². The lowest BCUT2D eigenvalue weighted by molar-refractivity contribution is 0.0608. The Morgan fingerprint density at radius 1 is 1.22 bits per heavy atom. The highest BCUT2D eigenvalue weighted by molar-refractivity contribution is 5.48. The highest BCUT2D eigenvalue weighted by Crippen LogP contribution is 2.30. The van der Waals surface area contributed by atoms with Crippen LogP contribution >= 0.6 is 0 Å².